The highest BCUT2D eigenvalue weighted by Gasteiger charge is 2.09. The van der Waals surface area contributed by atoms with Gasteiger partial charge >= 0.3 is 0 Å². The largest absolute Gasteiger partial charge is 0.495 e. The van der Waals surface area contributed by atoms with Crippen LogP contribution < -0.4 is 4.74 Å². The van der Waals surface area contributed by atoms with Crippen LogP contribution in [0.15, 0.2) is 49.1 Å². The van der Waals surface area contributed by atoms with Gasteiger partial charge in [0.1, 0.15) is 11.4 Å². The highest BCUT2D eigenvalue weighted by molar-refractivity contribution is 6.06. The van der Waals surface area contributed by atoms with Crippen LogP contribution in [0.3, 0.4) is 0 Å². The number of rotatable bonds is 2. The van der Waals surface area contributed by atoms with E-state index in [1.807, 2.05) is 36.7 Å². The SMILES string of the molecule is COc1cnc2[nH]c3cnc(-c4cccnc4)cc3c2c1. The van der Waals surface area contributed by atoms with Crippen LogP contribution >= 0.6 is 0 Å². The van der Waals surface area contributed by atoms with Crippen molar-refractivity contribution in [1.29, 1.82) is 0 Å². The molecule has 0 aliphatic heterocycles. The van der Waals surface area contributed by atoms with Crippen molar-refractivity contribution >= 4 is 21.9 Å². The van der Waals surface area contributed by atoms with E-state index in [4.69, 9.17) is 4.74 Å². The third kappa shape index (κ3) is 1.90. The van der Waals surface area contributed by atoms with E-state index in [1.165, 1.54) is 0 Å². The first-order valence-electron chi connectivity index (χ1n) is 6.57. The Balaban J connectivity index is 1.99. The van der Waals surface area contributed by atoms with Gasteiger partial charge in [-0.3, -0.25) is 9.97 Å². The number of pyridine rings is 3. The number of ether oxygens (including phenoxy) is 1. The summed E-state index contributed by atoms with van der Waals surface area (Å²) in [6.45, 7) is 0. The lowest BCUT2D eigenvalue weighted by atomic mass is 10.1. The van der Waals surface area contributed by atoms with Crippen LogP contribution in [0.5, 0.6) is 5.75 Å². The minimum Gasteiger partial charge on any atom is -0.495 e. The molecule has 4 heterocycles. The van der Waals surface area contributed by atoms with Crippen molar-refractivity contribution in [2.75, 3.05) is 7.11 Å². The maximum atomic E-state index is 5.25. The van der Waals surface area contributed by atoms with E-state index in [-0.39, 0.29) is 0 Å². The number of hydrogen-bond donors (Lipinski definition) is 1. The first-order chi connectivity index (χ1) is 10.3. The molecule has 0 atom stereocenters. The second kappa shape index (κ2) is 4.56. The van der Waals surface area contributed by atoms with E-state index in [9.17, 15) is 0 Å². The topological polar surface area (TPSA) is 63.7 Å². The zero-order chi connectivity index (χ0) is 14.2. The van der Waals surface area contributed by atoms with Crippen molar-refractivity contribution in [3.8, 4) is 17.0 Å². The molecule has 4 aromatic rings. The van der Waals surface area contributed by atoms with E-state index in [0.717, 1.165) is 38.9 Å². The average molecular weight is 276 g/mol. The van der Waals surface area contributed by atoms with Crippen LogP contribution in [-0.4, -0.2) is 27.0 Å². The molecular formula is C16H12N4O. The quantitative estimate of drug-likeness (QED) is 0.610. The zero-order valence-electron chi connectivity index (χ0n) is 11.4. The molecule has 4 aromatic heterocycles. The fourth-order valence-corrected chi connectivity index (χ4v) is 2.44. The molecule has 0 saturated carbocycles. The van der Waals surface area contributed by atoms with Crippen LogP contribution in [0.4, 0.5) is 0 Å². The number of nitrogens with one attached hydrogen (secondary N) is 1. The number of aromatic nitrogens is 4. The van der Waals surface area contributed by atoms with Crippen LogP contribution in [-0.2, 0) is 0 Å². The lowest BCUT2D eigenvalue weighted by Crippen LogP contribution is -1.84. The highest BCUT2D eigenvalue weighted by atomic mass is 16.5. The van der Waals surface area contributed by atoms with Crippen LogP contribution in [0.2, 0.25) is 0 Å². The molecule has 0 spiro atoms. The molecule has 102 valence electrons. The van der Waals surface area contributed by atoms with Crippen LogP contribution in [0.1, 0.15) is 0 Å². The van der Waals surface area contributed by atoms with Crippen molar-refractivity contribution in [2.24, 2.45) is 0 Å². The summed E-state index contributed by atoms with van der Waals surface area (Å²) in [7, 11) is 1.64. The summed E-state index contributed by atoms with van der Waals surface area (Å²) >= 11 is 0. The fraction of sp³-hybridized carbons (Fsp3) is 0.0625. The third-order valence-electron chi connectivity index (χ3n) is 3.50. The standard InChI is InChI=1S/C16H12N4O/c1-21-11-5-13-12-6-14(10-3-2-4-17-7-10)18-9-15(12)20-16(13)19-8-11/h2-9H,1H3,(H,19,20). The number of hydrogen-bond acceptors (Lipinski definition) is 4. The van der Waals surface area contributed by atoms with Gasteiger partial charge < -0.3 is 9.72 Å². The first kappa shape index (κ1) is 11.8. The Morgan fingerprint density at radius 1 is 1.05 bits per heavy atom. The summed E-state index contributed by atoms with van der Waals surface area (Å²) in [5.41, 5.74) is 3.67. The number of methoxy groups -OCH3 is 1. The Morgan fingerprint density at radius 3 is 2.81 bits per heavy atom. The summed E-state index contributed by atoms with van der Waals surface area (Å²) in [4.78, 5) is 16.3. The smallest absolute Gasteiger partial charge is 0.138 e. The fourth-order valence-electron chi connectivity index (χ4n) is 2.44. The predicted molar refractivity (Wildman–Crippen MR) is 81.2 cm³/mol. The Morgan fingerprint density at radius 2 is 2.00 bits per heavy atom. The van der Waals surface area contributed by atoms with Gasteiger partial charge in [-0.15, -0.1) is 0 Å². The van der Waals surface area contributed by atoms with Crippen molar-refractivity contribution in [3.05, 3.63) is 49.1 Å². The minimum atomic E-state index is 0.739. The van der Waals surface area contributed by atoms with Crippen molar-refractivity contribution < 1.29 is 4.74 Å². The van der Waals surface area contributed by atoms with Gasteiger partial charge in [0.15, 0.2) is 0 Å². The third-order valence-corrected chi connectivity index (χ3v) is 3.50. The summed E-state index contributed by atoms with van der Waals surface area (Å²) in [5, 5.41) is 2.10. The zero-order valence-corrected chi connectivity index (χ0v) is 11.4. The lowest BCUT2D eigenvalue weighted by molar-refractivity contribution is 0.414. The van der Waals surface area contributed by atoms with Gasteiger partial charge in [-0.2, -0.15) is 0 Å². The van der Waals surface area contributed by atoms with E-state index in [2.05, 4.69) is 19.9 Å². The summed E-state index contributed by atoms with van der Waals surface area (Å²) in [6.07, 6.45) is 7.09. The summed E-state index contributed by atoms with van der Waals surface area (Å²) in [5.74, 6) is 0.739. The van der Waals surface area contributed by atoms with Gasteiger partial charge in [0.05, 0.1) is 30.7 Å². The van der Waals surface area contributed by atoms with Crippen LogP contribution in [0.25, 0.3) is 33.2 Å². The maximum absolute atomic E-state index is 5.25. The molecule has 4 rings (SSSR count). The molecule has 0 aliphatic carbocycles. The molecule has 0 aliphatic rings. The van der Waals surface area contributed by atoms with Crippen molar-refractivity contribution in [2.45, 2.75) is 0 Å². The maximum Gasteiger partial charge on any atom is 0.138 e. The predicted octanol–water partition coefficient (Wildman–Crippen LogP) is 3.18. The monoisotopic (exact) mass is 276 g/mol. The molecule has 21 heavy (non-hydrogen) atoms. The Bertz CT molecular complexity index is 931. The van der Waals surface area contributed by atoms with Crippen LogP contribution in [0, 0.1) is 0 Å². The van der Waals surface area contributed by atoms with Gasteiger partial charge in [-0.25, -0.2) is 4.98 Å². The number of nitrogens with zero attached hydrogens (tertiary/aromatic N) is 3. The first-order valence-corrected chi connectivity index (χ1v) is 6.57. The normalized spacial score (nSPS) is 11.1. The summed E-state index contributed by atoms with van der Waals surface area (Å²) in [6, 6.07) is 7.93. The Labute approximate surface area is 120 Å². The summed E-state index contributed by atoms with van der Waals surface area (Å²) < 4.78 is 5.25. The Hall–Kier alpha value is -2.95. The van der Waals surface area contributed by atoms with E-state index >= 15 is 0 Å². The molecule has 5 heteroatoms. The van der Waals surface area contributed by atoms with Crippen molar-refractivity contribution in [3.63, 3.8) is 0 Å². The van der Waals surface area contributed by atoms with Gasteiger partial charge in [-0.1, -0.05) is 0 Å². The molecule has 0 radical (unpaired) electrons. The minimum absolute atomic E-state index is 0.739. The number of H-pyrrole nitrogens is 1. The Kier molecular flexibility index (Phi) is 2.57. The molecule has 5 nitrogen and oxygen atoms in total. The second-order valence-electron chi connectivity index (χ2n) is 4.75. The molecule has 0 aromatic carbocycles. The van der Waals surface area contributed by atoms with Gasteiger partial charge in [-0.05, 0) is 24.3 Å². The number of aromatic amines is 1. The highest BCUT2D eigenvalue weighted by Crippen LogP contribution is 2.29. The molecule has 0 bridgehead atoms. The molecular weight excluding hydrogens is 264 g/mol. The van der Waals surface area contributed by atoms with E-state index in [0.29, 0.717) is 0 Å². The van der Waals surface area contributed by atoms with Gasteiger partial charge in [0.2, 0.25) is 0 Å². The molecule has 0 amide bonds. The molecule has 0 unspecified atom stereocenters. The number of fused-ring (bicyclic) bond motifs is 3. The van der Waals surface area contributed by atoms with E-state index in [1.54, 1.807) is 19.5 Å². The lowest BCUT2D eigenvalue weighted by Gasteiger charge is -2.00. The molecule has 0 saturated heterocycles. The van der Waals surface area contributed by atoms with Gasteiger partial charge in [0.25, 0.3) is 0 Å². The van der Waals surface area contributed by atoms with Gasteiger partial charge in [0, 0.05) is 28.7 Å². The molecule has 1 N–H and O–H groups in total. The van der Waals surface area contributed by atoms with E-state index < -0.39 is 0 Å². The molecule has 0 fully saturated rings. The average Bonchev–Trinajstić information content (AvgIpc) is 2.92. The second-order valence-corrected chi connectivity index (χ2v) is 4.75. The van der Waals surface area contributed by atoms with Crippen molar-refractivity contribution in [1.82, 2.24) is 19.9 Å².